The summed E-state index contributed by atoms with van der Waals surface area (Å²) in [6, 6.07) is 0. The van der Waals surface area contributed by atoms with E-state index < -0.39 is 11.0 Å². The summed E-state index contributed by atoms with van der Waals surface area (Å²) in [5.74, 6) is 0. The van der Waals surface area contributed by atoms with E-state index in [9.17, 15) is 4.21 Å². The molecular formula is C11H22N2OS. The van der Waals surface area contributed by atoms with Crippen molar-refractivity contribution >= 4 is 22.4 Å². The summed E-state index contributed by atoms with van der Waals surface area (Å²) in [5, 5.41) is 0. The zero-order chi connectivity index (χ0) is 12.1. The van der Waals surface area contributed by atoms with Gasteiger partial charge in [-0.3, -0.25) is 4.99 Å². The average Bonchev–Trinajstić information content (AvgIpc) is 2.12. The molecule has 0 aliphatic carbocycles. The lowest BCUT2D eigenvalue weighted by Crippen LogP contribution is -2.22. The molecule has 0 aromatic heterocycles. The maximum Gasteiger partial charge on any atom is 0.145 e. The standard InChI is InChI=1S/C11H22N2OS/c1-7-10(12-8-2)9(3)13-15(14)11(4,5)6/h7-8H2,1-6H3. The quantitative estimate of drug-likeness (QED) is 0.685. The molecule has 0 aliphatic heterocycles. The van der Waals surface area contributed by atoms with Crippen molar-refractivity contribution in [3.63, 3.8) is 0 Å². The van der Waals surface area contributed by atoms with E-state index in [0.29, 0.717) is 0 Å². The Morgan fingerprint density at radius 2 is 1.80 bits per heavy atom. The summed E-state index contributed by atoms with van der Waals surface area (Å²) < 4.78 is 15.7. The number of hydrogen-bond donors (Lipinski definition) is 0. The fraction of sp³-hybridized carbons (Fsp3) is 0.818. The van der Waals surface area contributed by atoms with E-state index in [4.69, 9.17) is 0 Å². The summed E-state index contributed by atoms with van der Waals surface area (Å²) in [4.78, 5) is 4.33. The number of rotatable bonds is 4. The van der Waals surface area contributed by atoms with Crippen LogP contribution >= 0.6 is 0 Å². The second kappa shape index (κ2) is 6.16. The molecule has 0 fully saturated rings. The van der Waals surface area contributed by atoms with Gasteiger partial charge in [0.05, 0.1) is 16.2 Å². The van der Waals surface area contributed by atoms with Crippen molar-refractivity contribution in [2.24, 2.45) is 9.39 Å². The molecule has 1 atom stereocenters. The van der Waals surface area contributed by atoms with Gasteiger partial charge in [-0.05, 0) is 41.0 Å². The Kier molecular flexibility index (Phi) is 5.95. The predicted octanol–water partition coefficient (Wildman–Crippen LogP) is 2.78. The molecule has 0 amide bonds. The average molecular weight is 230 g/mol. The van der Waals surface area contributed by atoms with Crippen molar-refractivity contribution in [3.05, 3.63) is 0 Å². The van der Waals surface area contributed by atoms with Crippen LogP contribution in [0.1, 0.15) is 48.0 Å². The van der Waals surface area contributed by atoms with Crippen molar-refractivity contribution in [2.45, 2.75) is 52.7 Å². The maximum absolute atomic E-state index is 11.8. The summed E-state index contributed by atoms with van der Waals surface area (Å²) in [7, 11) is -1.19. The van der Waals surface area contributed by atoms with E-state index in [1.807, 2.05) is 41.5 Å². The lowest BCUT2D eigenvalue weighted by atomic mass is 10.2. The van der Waals surface area contributed by atoms with Gasteiger partial charge >= 0.3 is 0 Å². The highest BCUT2D eigenvalue weighted by molar-refractivity contribution is 7.85. The Hall–Kier alpha value is -0.510. The zero-order valence-corrected chi connectivity index (χ0v) is 11.4. The van der Waals surface area contributed by atoms with Gasteiger partial charge in [-0.15, -0.1) is 0 Å². The predicted molar refractivity (Wildman–Crippen MR) is 69.3 cm³/mol. The van der Waals surface area contributed by atoms with Crippen LogP contribution in [0.25, 0.3) is 0 Å². The number of nitrogens with zero attached hydrogens (tertiary/aromatic N) is 2. The van der Waals surface area contributed by atoms with Crippen LogP contribution in [0.3, 0.4) is 0 Å². The van der Waals surface area contributed by atoms with Crippen molar-refractivity contribution in [1.82, 2.24) is 0 Å². The van der Waals surface area contributed by atoms with Crippen LogP contribution in [0.15, 0.2) is 9.39 Å². The van der Waals surface area contributed by atoms with Gasteiger partial charge < -0.3 is 0 Å². The monoisotopic (exact) mass is 230 g/mol. The first-order chi connectivity index (χ1) is 6.82. The number of aliphatic imine (C=N–C) groups is 1. The highest BCUT2D eigenvalue weighted by Crippen LogP contribution is 2.12. The maximum atomic E-state index is 11.8. The van der Waals surface area contributed by atoms with Crippen molar-refractivity contribution in [3.8, 4) is 0 Å². The van der Waals surface area contributed by atoms with Crippen LogP contribution in [-0.4, -0.2) is 26.9 Å². The largest absolute Gasteiger partial charge is 0.288 e. The molecule has 0 saturated carbocycles. The van der Waals surface area contributed by atoms with E-state index >= 15 is 0 Å². The fourth-order valence-corrected chi connectivity index (χ4v) is 1.61. The van der Waals surface area contributed by atoms with E-state index in [2.05, 4.69) is 9.39 Å². The highest BCUT2D eigenvalue weighted by Gasteiger charge is 2.19. The third-order valence-electron chi connectivity index (χ3n) is 1.85. The second-order valence-corrected chi connectivity index (χ2v) is 6.22. The Balaban J connectivity index is 4.84. The van der Waals surface area contributed by atoms with Gasteiger partial charge in [0.1, 0.15) is 11.0 Å². The van der Waals surface area contributed by atoms with Gasteiger partial charge in [0.25, 0.3) is 0 Å². The zero-order valence-electron chi connectivity index (χ0n) is 10.6. The smallest absolute Gasteiger partial charge is 0.145 e. The molecule has 0 aliphatic rings. The molecule has 0 N–H and O–H groups in total. The molecule has 0 aromatic rings. The Labute approximate surface area is 95.7 Å². The van der Waals surface area contributed by atoms with Crippen LogP contribution in [-0.2, 0) is 11.0 Å². The molecular weight excluding hydrogens is 208 g/mol. The molecule has 1 unspecified atom stereocenters. The summed E-state index contributed by atoms with van der Waals surface area (Å²) in [6.45, 7) is 12.4. The normalized spacial score (nSPS) is 16.7. The Morgan fingerprint density at radius 3 is 2.13 bits per heavy atom. The molecule has 0 radical (unpaired) electrons. The lowest BCUT2D eigenvalue weighted by molar-refractivity contribution is 0.650. The van der Waals surface area contributed by atoms with Crippen LogP contribution < -0.4 is 0 Å². The summed E-state index contributed by atoms with van der Waals surface area (Å²) >= 11 is 0. The van der Waals surface area contributed by atoms with Crippen LogP contribution in [0.5, 0.6) is 0 Å². The molecule has 0 heterocycles. The molecule has 4 heteroatoms. The van der Waals surface area contributed by atoms with Crippen LogP contribution in [0.4, 0.5) is 0 Å². The third-order valence-corrected chi connectivity index (χ3v) is 3.33. The summed E-state index contributed by atoms with van der Waals surface area (Å²) in [5.41, 5.74) is 1.75. The van der Waals surface area contributed by atoms with Gasteiger partial charge in [-0.25, -0.2) is 4.21 Å². The SMILES string of the molecule is CCN=C(CC)C(C)=NS(=O)C(C)(C)C. The first-order valence-electron chi connectivity index (χ1n) is 5.33. The van der Waals surface area contributed by atoms with Crippen LogP contribution in [0.2, 0.25) is 0 Å². The molecule has 0 bridgehead atoms. The molecule has 0 saturated heterocycles. The fourth-order valence-electron chi connectivity index (χ4n) is 0.987. The molecule has 0 spiro atoms. The highest BCUT2D eigenvalue weighted by atomic mass is 32.2. The molecule has 0 aromatic carbocycles. The molecule has 3 nitrogen and oxygen atoms in total. The number of hydrogen-bond acceptors (Lipinski definition) is 2. The second-order valence-electron chi connectivity index (χ2n) is 4.31. The van der Waals surface area contributed by atoms with E-state index in [1.165, 1.54) is 0 Å². The molecule has 0 rings (SSSR count). The minimum Gasteiger partial charge on any atom is -0.288 e. The van der Waals surface area contributed by atoms with E-state index in [0.717, 1.165) is 24.4 Å². The lowest BCUT2D eigenvalue weighted by Gasteiger charge is -2.14. The first kappa shape index (κ1) is 14.5. The van der Waals surface area contributed by atoms with E-state index in [-0.39, 0.29) is 4.75 Å². The minimum atomic E-state index is -1.19. The Bertz CT molecular complexity index is 287. The van der Waals surface area contributed by atoms with E-state index in [1.54, 1.807) is 0 Å². The van der Waals surface area contributed by atoms with Crippen molar-refractivity contribution in [2.75, 3.05) is 6.54 Å². The van der Waals surface area contributed by atoms with Crippen molar-refractivity contribution in [1.29, 1.82) is 0 Å². The van der Waals surface area contributed by atoms with Gasteiger partial charge in [0, 0.05) is 6.54 Å². The summed E-state index contributed by atoms with van der Waals surface area (Å²) in [6.07, 6.45) is 0.838. The van der Waals surface area contributed by atoms with Crippen LogP contribution in [0, 0.1) is 0 Å². The molecule has 15 heavy (non-hydrogen) atoms. The van der Waals surface area contributed by atoms with Gasteiger partial charge in [0.15, 0.2) is 0 Å². The topological polar surface area (TPSA) is 41.8 Å². The van der Waals surface area contributed by atoms with Gasteiger partial charge in [0.2, 0.25) is 0 Å². The Morgan fingerprint density at radius 1 is 1.27 bits per heavy atom. The van der Waals surface area contributed by atoms with Gasteiger partial charge in [-0.2, -0.15) is 4.40 Å². The van der Waals surface area contributed by atoms with Crippen molar-refractivity contribution < 1.29 is 4.21 Å². The molecule has 88 valence electrons. The van der Waals surface area contributed by atoms with Gasteiger partial charge in [-0.1, -0.05) is 6.92 Å². The first-order valence-corrected chi connectivity index (χ1v) is 6.44. The minimum absolute atomic E-state index is 0.299. The third kappa shape index (κ3) is 5.21.